The van der Waals surface area contributed by atoms with Gasteiger partial charge in [-0.1, -0.05) is 12.1 Å². The van der Waals surface area contributed by atoms with Crippen LogP contribution in [0, 0.1) is 0 Å². The zero-order valence-electron chi connectivity index (χ0n) is 16.0. The van der Waals surface area contributed by atoms with Gasteiger partial charge in [0.25, 0.3) is 10.0 Å². The molecule has 156 valence electrons. The Balaban J connectivity index is 1.41. The van der Waals surface area contributed by atoms with Crippen LogP contribution < -0.4 is 14.2 Å². The third kappa shape index (κ3) is 4.23. The maximum Gasteiger partial charge on any atom is 0.337 e. The molecule has 3 aromatic rings. The molecule has 10 heteroatoms. The van der Waals surface area contributed by atoms with E-state index >= 15 is 0 Å². The van der Waals surface area contributed by atoms with E-state index in [9.17, 15) is 13.2 Å². The minimum Gasteiger partial charge on any atom is -0.486 e. The van der Waals surface area contributed by atoms with Crippen molar-refractivity contribution in [2.75, 3.05) is 18.4 Å². The van der Waals surface area contributed by atoms with Crippen molar-refractivity contribution in [3.63, 3.8) is 0 Å². The van der Waals surface area contributed by atoms with E-state index in [1.54, 1.807) is 10.9 Å². The van der Waals surface area contributed by atoms with Crippen molar-refractivity contribution < 1.29 is 27.4 Å². The van der Waals surface area contributed by atoms with Gasteiger partial charge in [-0.05, 0) is 36.4 Å². The lowest BCUT2D eigenvalue weighted by Gasteiger charge is -2.26. The summed E-state index contributed by atoms with van der Waals surface area (Å²) in [5, 5.41) is 4.19. The van der Waals surface area contributed by atoms with Gasteiger partial charge in [-0.15, -0.1) is 0 Å². The van der Waals surface area contributed by atoms with Gasteiger partial charge >= 0.3 is 5.97 Å². The first kappa shape index (κ1) is 19.8. The number of fused-ring (bicyclic) bond motifs is 1. The molecule has 0 saturated carbocycles. The summed E-state index contributed by atoms with van der Waals surface area (Å²) in [7, 11) is -2.57. The van der Waals surface area contributed by atoms with E-state index in [4.69, 9.17) is 9.47 Å². The Bertz CT molecular complexity index is 1160. The van der Waals surface area contributed by atoms with E-state index in [1.807, 2.05) is 24.3 Å². The van der Waals surface area contributed by atoms with Gasteiger partial charge in [-0.25, -0.2) is 13.2 Å². The van der Waals surface area contributed by atoms with Crippen LogP contribution in [0.1, 0.15) is 10.4 Å². The van der Waals surface area contributed by atoms with Crippen LogP contribution in [-0.2, 0) is 21.3 Å². The van der Waals surface area contributed by atoms with Gasteiger partial charge in [-0.3, -0.25) is 9.40 Å². The van der Waals surface area contributed by atoms with E-state index < -0.39 is 16.0 Å². The molecule has 1 N–H and O–H groups in total. The Morgan fingerprint density at radius 3 is 2.67 bits per heavy atom. The Kier molecular flexibility index (Phi) is 5.32. The lowest BCUT2D eigenvalue weighted by Crippen LogP contribution is -2.33. The molecule has 30 heavy (non-hydrogen) atoms. The smallest absolute Gasteiger partial charge is 0.337 e. The molecule has 9 nitrogen and oxygen atoms in total. The highest BCUT2D eigenvalue weighted by molar-refractivity contribution is 7.92. The summed E-state index contributed by atoms with van der Waals surface area (Å²) in [6.45, 7) is 0.758. The summed E-state index contributed by atoms with van der Waals surface area (Å²) < 4.78 is 45.4. The van der Waals surface area contributed by atoms with Crippen LogP contribution in [0.3, 0.4) is 0 Å². The highest BCUT2D eigenvalue weighted by Crippen LogP contribution is 2.31. The van der Waals surface area contributed by atoms with Gasteiger partial charge in [-0.2, -0.15) is 5.10 Å². The number of carbonyl (C=O) groups excluding carboxylic acids is 1. The molecule has 2 aromatic carbocycles. The number of carbonyl (C=O) groups is 1. The monoisotopic (exact) mass is 429 g/mol. The molecular formula is C20H19N3O6S. The highest BCUT2D eigenvalue weighted by atomic mass is 32.2. The van der Waals surface area contributed by atoms with Crippen LogP contribution in [0.2, 0.25) is 0 Å². The van der Waals surface area contributed by atoms with Crippen LogP contribution in [0.25, 0.3) is 0 Å². The standard InChI is InChI=1S/C20H19N3O6S/c1-27-20(24)14-6-8-17(9-7-14)30(25,26)22-15-10-21-23(11-15)12-16-13-28-18-4-2-3-5-19(18)29-16/h2-11,16,22H,12-13H2,1H3/t16-/m0/s1. The molecule has 1 aromatic heterocycles. The SMILES string of the molecule is COC(=O)c1ccc(S(=O)(=O)Nc2cnn(C[C@H]3COc4ccccc4O3)c2)cc1. The van der Waals surface area contributed by atoms with Crippen molar-refractivity contribution in [2.24, 2.45) is 0 Å². The largest absolute Gasteiger partial charge is 0.486 e. The predicted molar refractivity (Wildman–Crippen MR) is 107 cm³/mol. The first-order chi connectivity index (χ1) is 14.4. The average Bonchev–Trinajstić information content (AvgIpc) is 3.19. The van der Waals surface area contributed by atoms with Crippen LogP contribution >= 0.6 is 0 Å². The molecule has 0 saturated heterocycles. The summed E-state index contributed by atoms with van der Waals surface area (Å²) in [4.78, 5) is 11.5. The van der Waals surface area contributed by atoms with Crippen LogP contribution in [0.4, 0.5) is 5.69 Å². The lowest BCUT2D eigenvalue weighted by atomic mass is 10.2. The van der Waals surface area contributed by atoms with Gasteiger partial charge in [0.15, 0.2) is 17.6 Å². The highest BCUT2D eigenvalue weighted by Gasteiger charge is 2.22. The molecule has 1 aliphatic heterocycles. The Morgan fingerprint density at radius 1 is 1.20 bits per heavy atom. The first-order valence-electron chi connectivity index (χ1n) is 9.07. The summed E-state index contributed by atoms with van der Waals surface area (Å²) >= 11 is 0. The van der Waals surface area contributed by atoms with Crippen LogP contribution in [0.15, 0.2) is 65.8 Å². The number of rotatable bonds is 6. The van der Waals surface area contributed by atoms with Crippen molar-refractivity contribution in [1.29, 1.82) is 0 Å². The molecule has 0 unspecified atom stereocenters. The molecule has 0 radical (unpaired) electrons. The fraction of sp³-hybridized carbons (Fsp3) is 0.200. The molecule has 4 rings (SSSR count). The Labute approximate surface area is 173 Å². The summed E-state index contributed by atoms with van der Waals surface area (Å²) in [5.41, 5.74) is 0.574. The van der Waals surface area contributed by atoms with Gasteiger partial charge < -0.3 is 14.2 Å². The number of ether oxygens (including phenoxy) is 3. The number of nitrogens with zero attached hydrogens (tertiary/aromatic N) is 2. The number of hydrogen-bond donors (Lipinski definition) is 1. The van der Waals surface area contributed by atoms with E-state index in [0.717, 1.165) is 0 Å². The molecule has 0 bridgehead atoms. The molecule has 1 aliphatic rings. The van der Waals surface area contributed by atoms with Gasteiger partial charge in [0.2, 0.25) is 0 Å². The summed E-state index contributed by atoms with van der Waals surface area (Å²) in [5.74, 6) is 0.822. The van der Waals surface area contributed by atoms with Crippen molar-refractivity contribution in [2.45, 2.75) is 17.5 Å². The maximum atomic E-state index is 12.6. The van der Waals surface area contributed by atoms with Crippen molar-refractivity contribution >= 4 is 21.7 Å². The fourth-order valence-corrected chi connectivity index (χ4v) is 4.01. The average molecular weight is 429 g/mol. The molecule has 0 spiro atoms. The maximum absolute atomic E-state index is 12.6. The lowest BCUT2D eigenvalue weighted by molar-refractivity contribution is 0.0600. The third-order valence-corrected chi connectivity index (χ3v) is 5.83. The van der Waals surface area contributed by atoms with Crippen molar-refractivity contribution in [3.05, 3.63) is 66.5 Å². The second-order valence-corrected chi connectivity index (χ2v) is 8.25. The number of methoxy groups -OCH3 is 1. The number of sulfonamides is 1. The van der Waals surface area contributed by atoms with Crippen LogP contribution in [0.5, 0.6) is 11.5 Å². The molecule has 0 fully saturated rings. The topological polar surface area (TPSA) is 109 Å². The summed E-state index contributed by atoms with van der Waals surface area (Å²) in [6.07, 6.45) is 2.73. The van der Waals surface area contributed by atoms with Gasteiger partial charge in [0, 0.05) is 6.20 Å². The normalized spacial score (nSPS) is 15.4. The van der Waals surface area contributed by atoms with Crippen molar-refractivity contribution in [3.8, 4) is 11.5 Å². The minimum absolute atomic E-state index is 0.0172. The minimum atomic E-state index is -3.83. The number of aromatic nitrogens is 2. The Morgan fingerprint density at radius 2 is 1.93 bits per heavy atom. The van der Waals surface area contributed by atoms with Crippen LogP contribution in [-0.4, -0.2) is 44.0 Å². The first-order valence-corrected chi connectivity index (χ1v) is 10.5. The van der Waals surface area contributed by atoms with Crippen molar-refractivity contribution in [1.82, 2.24) is 9.78 Å². The zero-order chi connectivity index (χ0) is 21.1. The predicted octanol–water partition coefficient (Wildman–Crippen LogP) is 2.31. The molecular weight excluding hydrogens is 410 g/mol. The molecule has 0 aliphatic carbocycles. The molecule has 0 amide bonds. The number of nitrogens with one attached hydrogen (secondary N) is 1. The number of esters is 1. The second kappa shape index (κ2) is 8.07. The molecule has 1 atom stereocenters. The number of para-hydroxylation sites is 2. The Hall–Kier alpha value is -3.53. The van der Waals surface area contributed by atoms with E-state index in [2.05, 4.69) is 14.6 Å². The van der Waals surface area contributed by atoms with Gasteiger partial charge in [0.05, 0.1) is 36.0 Å². The van der Waals surface area contributed by atoms with E-state index in [1.165, 1.54) is 37.6 Å². The summed E-state index contributed by atoms with van der Waals surface area (Å²) in [6, 6.07) is 12.9. The zero-order valence-corrected chi connectivity index (χ0v) is 16.8. The number of hydrogen-bond acceptors (Lipinski definition) is 7. The van der Waals surface area contributed by atoms with E-state index in [0.29, 0.717) is 30.3 Å². The molecule has 2 heterocycles. The number of benzene rings is 2. The van der Waals surface area contributed by atoms with E-state index in [-0.39, 0.29) is 16.6 Å². The van der Waals surface area contributed by atoms with Gasteiger partial charge in [0.1, 0.15) is 6.61 Å². The number of anilines is 1. The fourth-order valence-electron chi connectivity index (χ4n) is 2.98. The second-order valence-electron chi connectivity index (χ2n) is 6.57. The third-order valence-electron chi connectivity index (χ3n) is 4.43. The quantitative estimate of drug-likeness (QED) is 0.599.